The van der Waals surface area contributed by atoms with Gasteiger partial charge in [0.1, 0.15) is 11.6 Å². The van der Waals surface area contributed by atoms with Crippen LogP contribution in [0.2, 0.25) is 0 Å². The van der Waals surface area contributed by atoms with Gasteiger partial charge in [-0.3, -0.25) is 9.59 Å². The summed E-state index contributed by atoms with van der Waals surface area (Å²) < 4.78 is 23.6. The Labute approximate surface area is 139 Å². The van der Waals surface area contributed by atoms with Crippen molar-refractivity contribution < 1.29 is 23.5 Å². The maximum atomic E-state index is 13.4. The Morgan fingerprint density at radius 2 is 1.88 bits per heavy atom. The summed E-state index contributed by atoms with van der Waals surface area (Å²) in [6.07, 6.45) is 0.0291. The highest BCUT2D eigenvalue weighted by Crippen LogP contribution is 2.13. The minimum Gasteiger partial charge on any atom is -0.493 e. The lowest BCUT2D eigenvalue weighted by atomic mass is 10.2. The number of benzene rings is 2. The van der Waals surface area contributed by atoms with Gasteiger partial charge in [0.05, 0.1) is 13.0 Å². The van der Waals surface area contributed by atoms with Gasteiger partial charge in [0.15, 0.2) is 6.61 Å². The SMILES string of the molecule is Cc1ccc(NC(=O)COC(=O)CCOc2ccccc2)cc1F. The molecule has 0 aliphatic carbocycles. The van der Waals surface area contributed by atoms with Gasteiger partial charge in [-0.2, -0.15) is 0 Å². The lowest BCUT2D eigenvalue weighted by Gasteiger charge is -2.08. The zero-order valence-electron chi connectivity index (χ0n) is 13.3. The van der Waals surface area contributed by atoms with Crippen molar-refractivity contribution in [3.05, 3.63) is 59.9 Å². The van der Waals surface area contributed by atoms with Crippen molar-refractivity contribution in [2.24, 2.45) is 0 Å². The highest BCUT2D eigenvalue weighted by atomic mass is 19.1. The van der Waals surface area contributed by atoms with Crippen LogP contribution in [0.4, 0.5) is 10.1 Å². The molecule has 2 aromatic carbocycles. The third-order valence-corrected chi connectivity index (χ3v) is 3.14. The number of ether oxygens (including phenoxy) is 2. The summed E-state index contributed by atoms with van der Waals surface area (Å²) in [6.45, 7) is 1.35. The average Bonchev–Trinajstić information content (AvgIpc) is 2.57. The minimum absolute atomic E-state index is 0.0291. The van der Waals surface area contributed by atoms with Crippen LogP contribution in [0.5, 0.6) is 5.75 Å². The highest BCUT2D eigenvalue weighted by molar-refractivity contribution is 5.92. The number of anilines is 1. The molecule has 0 aliphatic heterocycles. The molecule has 2 aromatic rings. The van der Waals surface area contributed by atoms with Crippen LogP contribution in [0.1, 0.15) is 12.0 Å². The maximum absolute atomic E-state index is 13.4. The van der Waals surface area contributed by atoms with Crippen molar-refractivity contribution in [2.45, 2.75) is 13.3 Å². The molecule has 0 heterocycles. The lowest BCUT2D eigenvalue weighted by molar-refractivity contribution is -0.147. The summed E-state index contributed by atoms with van der Waals surface area (Å²) in [5, 5.41) is 2.46. The van der Waals surface area contributed by atoms with E-state index in [1.54, 1.807) is 31.2 Å². The van der Waals surface area contributed by atoms with E-state index in [0.717, 1.165) is 0 Å². The van der Waals surface area contributed by atoms with Crippen molar-refractivity contribution in [3.63, 3.8) is 0 Å². The molecule has 0 saturated carbocycles. The number of nitrogens with one attached hydrogen (secondary N) is 1. The molecule has 1 amide bonds. The van der Waals surface area contributed by atoms with Gasteiger partial charge in [0.2, 0.25) is 0 Å². The second-order valence-corrected chi connectivity index (χ2v) is 5.08. The molecule has 0 aromatic heterocycles. The van der Waals surface area contributed by atoms with Gasteiger partial charge >= 0.3 is 5.97 Å². The van der Waals surface area contributed by atoms with Crippen LogP contribution in [0.15, 0.2) is 48.5 Å². The maximum Gasteiger partial charge on any atom is 0.309 e. The van der Waals surface area contributed by atoms with Gasteiger partial charge in [-0.05, 0) is 36.8 Å². The minimum atomic E-state index is -0.545. The number of aryl methyl sites for hydroxylation is 1. The summed E-state index contributed by atoms with van der Waals surface area (Å²) in [7, 11) is 0. The van der Waals surface area contributed by atoms with E-state index in [1.165, 1.54) is 6.07 Å². The number of hydrogen-bond acceptors (Lipinski definition) is 4. The predicted octanol–water partition coefficient (Wildman–Crippen LogP) is 3.08. The van der Waals surface area contributed by atoms with Crippen molar-refractivity contribution in [1.82, 2.24) is 0 Å². The Morgan fingerprint density at radius 3 is 2.58 bits per heavy atom. The third-order valence-electron chi connectivity index (χ3n) is 3.14. The van der Waals surface area contributed by atoms with Crippen LogP contribution in [-0.2, 0) is 14.3 Å². The summed E-state index contributed by atoms with van der Waals surface area (Å²) in [5.74, 6) is -0.834. The Hall–Kier alpha value is -2.89. The van der Waals surface area contributed by atoms with E-state index >= 15 is 0 Å². The molecular formula is C18H18FNO4. The molecular weight excluding hydrogens is 313 g/mol. The van der Waals surface area contributed by atoms with Crippen molar-refractivity contribution in [2.75, 3.05) is 18.5 Å². The Balaban J connectivity index is 1.67. The van der Waals surface area contributed by atoms with Gasteiger partial charge in [-0.15, -0.1) is 0 Å². The second kappa shape index (κ2) is 8.67. The Morgan fingerprint density at radius 1 is 1.12 bits per heavy atom. The van der Waals surface area contributed by atoms with Crippen LogP contribution in [0.3, 0.4) is 0 Å². The van der Waals surface area contributed by atoms with Crippen molar-refractivity contribution in [3.8, 4) is 5.75 Å². The molecule has 1 N–H and O–H groups in total. The molecule has 0 unspecified atom stereocenters. The van der Waals surface area contributed by atoms with Crippen LogP contribution in [-0.4, -0.2) is 25.1 Å². The number of halogens is 1. The Bertz CT molecular complexity index is 703. The van der Waals surface area contributed by atoms with Crippen LogP contribution in [0, 0.1) is 12.7 Å². The quantitative estimate of drug-likeness (QED) is 0.792. The van der Waals surface area contributed by atoms with Crippen LogP contribution < -0.4 is 10.1 Å². The monoisotopic (exact) mass is 331 g/mol. The molecule has 126 valence electrons. The first-order chi connectivity index (χ1) is 11.5. The topological polar surface area (TPSA) is 64.6 Å². The summed E-state index contributed by atoms with van der Waals surface area (Å²) in [5.41, 5.74) is 0.796. The van der Waals surface area contributed by atoms with E-state index < -0.39 is 24.3 Å². The lowest BCUT2D eigenvalue weighted by Crippen LogP contribution is -2.21. The zero-order valence-corrected chi connectivity index (χ0v) is 13.3. The fraction of sp³-hybridized carbons (Fsp3) is 0.222. The number of esters is 1. The summed E-state index contributed by atoms with van der Waals surface area (Å²) in [4.78, 5) is 23.2. The van der Waals surface area contributed by atoms with Gasteiger partial charge in [-0.1, -0.05) is 24.3 Å². The standard InChI is InChI=1S/C18H18FNO4/c1-13-7-8-14(11-16(13)19)20-17(21)12-24-18(22)9-10-23-15-5-3-2-4-6-15/h2-8,11H,9-10,12H2,1H3,(H,20,21). The summed E-state index contributed by atoms with van der Waals surface area (Å²) >= 11 is 0. The smallest absolute Gasteiger partial charge is 0.309 e. The van der Waals surface area contributed by atoms with E-state index in [-0.39, 0.29) is 13.0 Å². The molecule has 0 radical (unpaired) electrons. The number of para-hydroxylation sites is 1. The van der Waals surface area contributed by atoms with Crippen molar-refractivity contribution in [1.29, 1.82) is 0 Å². The fourth-order valence-electron chi connectivity index (χ4n) is 1.85. The first-order valence-electron chi connectivity index (χ1n) is 7.44. The molecule has 0 atom stereocenters. The normalized spacial score (nSPS) is 10.1. The molecule has 0 aliphatic rings. The number of carbonyl (C=O) groups excluding carboxylic acids is 2. The summed E-state index contributed by atoms with van der Waals surface area (Å²) in [6, 6.07) is 13.4. The third kappa shape index (κ3) is 5.72. The van der Waals surface area contributed by atoms with Gasteiger partial charge in [-0.25, -0.2) is 4.39 Å². The van der Waals surface area contributed by atoms with E-state index in [1.807, 2.05) is 18.2 Å². The zero-order chi connectivity index (χ0) is 17.4. The van der Waals surface area contributed by atoms with E-state index in [4.69, 9.17) is 9.47 Å². The molecule has 6 heteroatoms. The predicted molar refractivity (Wildman–Crippen MR) is 87.3 cm³/mol. The van der Waals surface area contributed by atoms with Crippen LogP contribution >= 0.6 is 0 Å². The molecule has 0 spiro atoms. The molecule has 5 nitrogen and oxygen atoms in total. The molecule has 0 saturated heterocycles. The van der Waals surface area contributed by atoms with Crippen molar-refractivity contribution >= 4 is 17.6 Å². The highest BCUT2D eigenvalue weighted by Gasteiger charge is 2.09. The molecule has 2 rings (SSSR count). The number of hydrogen-bond donors (Lipinski definition) is 1. The van der Waals surface area contributed by atoms with E-state index in [0.29, 0.717) is 17.0 Å². The molecule has 0 bridgehead atoms. The van der Waals surface area contributed by atoms with E-state index in [9.17, 15) is 14.0 Å². The number of carbonyl (C=O) groups is 2. The van der Waals surface area contributed by atoms with Gasteiger partial charge in [0, 0.05) is 5.69 Å². The fourth-order valence-corrected chi connectivity index (χ4v) is 1.85. The van der Waals surface area contributed by atoms with E-state index in [2.05, 4.69) is 5.32 Å². The molecule has 24 heavy (non-hydrogen) atoms. The van der Waals surface area contributed by atoms with Crippen LogP contribution in [0.25, 0.3) is 0 Å². The number of amides is 1. The first kappa shape index (κ1) is 17.5. The largest absolute Gasteiger partial charge is 0.493 e. The average molecular weight is 331 g/mol. The van der Waals surface area contributed by atoms with Gasteiger partial charge < -0.3 is 14.8 Å². The molecule has 0 fully saturated rings. The first-order valence-corrected chi connectivity index (χ1v) is 7.44. The Kier molecular flexibility index (Phi) is 6.31. The second-order valence-electron chi connectivity index (χ2n) is 5.08. The van der Waals surface area contributed by atoms with Gasteiger partial charge in [0.25, 0.3) is 5.91 Å². The number of rotatable bonds is 7.